The van der Waals surface area contributed by atoms with Crippen LogP contribution in [0, 0.1) is 44.1 Å². The number of hydrogen-bond donors (Lipinski definition) is 1. The van der Waals surface area contributed by atoms with Crippen LogP contribution >= 0.6 is 0 Å². The number of aliphatic hydroxyl groups is 1. The van der Waals surface area contributed by atoms with Crippen LogP contribution in [0.5, 0.6) is 0 Å². The van der Waals surface area contributed by atoms with Crippen LogP contribution in [-0.2, 0) is 31.3 Å². The van der Waals surface area contributed by atoms with Crippen molar-refractivity contribution in [1.29, 1.82) is 0 Å². The Hall–Kier alpha value is -2.88. The zero-order valence-electron chi connectivity index (χ0n) is 28.4. The Bertz CT molecular complexity index is 1570. The van der Waals surface area contributed by atoms with Crippen LogP contribution in [0.25, 0.3) is 32.9 Å². The van der Waals surface area contributed by atoms with Gasteiger partial charge in [0, 0.05) is 60.7 Å². The quantitative estimate of drug-likeness (QED) is 0.0797. The van der Waals surface area contributed by atoms with Crippen molar-refractivity contribution in [3.63, 3.8) is 0 Å². The predicted molar refractivity (Wildman–Crippen MR) is 183 cm³/mol. The molecule has 0 unspecified atom stereocenters. The van der Waals surface area contributed by atoms with Gasteiger partial charge in [-0.3, -0.25) is 9.78 Å². The summed E-state index contributed by atoms with van der Waals surface area (Å²) >= 11 is 0. The van der Waals surface area contributed by atoms with Crippen molar-refractivity contribution in [3.8, 4) is 11.3 Å². The zero-order chi connectivity index (χ0) is 31.9. The van der Waals surface area contributed by atoms with Gasteiger partial charge in [0.1, 0.15) is 0 Å². The third-order valence-electron chi connectivity index (χ3n) is 8.14. The molecule has 44 heavy (non-hydrogen) atoms. The summed E-state index contributed by atoms with van der Waals surface area (Å²) in [6.45, 7) is 21.2. The molecule has 0 amide bonds. The number of carbonyl (C=O) groups excluding carboxylic acids is 1. The first-order valence-electron chi connectivity index (χ1n) is 15.9. The van der Waals surface area contributed by atoms with Gasteiger partial charge in [0.25, 0.3) is 0 Å². The molecule has 0 spiro atoms. The van der Waals surface area contributed by atoms with Gasteiger partial charge in [0.15, 0.2) is 5.78 Å². The summed E-state index contributed by atoms with van der Waals surface area (Å²) in [5, 5.41) is 13.3. The van der Waals surface area contributed by atoms with E-state index in [1.807, 2.05) is 33.9 Å². The number of benzene rings is 2. The van der Waals surface area contributed by atoms with Crippen LogP contribution in [-0.4, -0.2) is 20.9 Å². The number of allylic oxidation sites excluding steroid dienone is 2. The molecule has 2 heterocycles. The molecule has 0 aliphatic heterocycles. The van der Waals surface area contributed by atoms with Crippen LogP contribution in [0.4, 0.5) is 0 Å². The maximum absolute atomic E-state index is 11.7. The average molecular weight is 772 g/mol. The Morgan fingerprint density at radius 3 is 2.07 bits per heavy atom. The third-order valence-corrected chi connectivity index (χ3v) is 8.14. The molecule has 5 heteroatoms. The molecule has 0 fully saturated rings. The van der Waals surface area contributed by atoms with Gasteiger partial charge in [0.2, 0.25) is 0 Å². The molecule has 0 atom stereocenters. The summed E-state index contributed by atoms with van der Waals surface area (Å²) in [7, 11) is 0. The van der Waals surface area contributed by atoms with E-state index in [4.69, 9.17) is 9.97 Å². The minimum Gasteiger partial charge on any atom is -0.512 e. The molecule has 2 aromatic carbocycles. The molecule has 1 radical (unpaired) electrons. The number of aliphatic hydroxyl groups excluding tert-OH is 1. The van der Waals surface area contributed by atoms with E-state index in [0.29, 0.717) is 0 Å². The molecule has 4 nitrogen and oxygen atoms in total. The molecule has 2 aromatic heterocycles. The van der Waals surface area contributed by atoms with Crippen LogP contribution in [0.3, 0.4) is 0 Å². The number of aromatic nitrogens is 2. The first-order valence-corrected chi connectivity index (χ1v) is 15.9. The van der Waals surface area contributed by atoms with Crippen LogP contribution < -0.4 is 0 Å². The summed E-state index contributed by atoms with van der Waals surface area (Å²) in [4.78, 5) is 21.4. The van der Waals surface area contributed by atoms with Gasteiger partial charge in [-0.2, -0.15) is 0 Å². The number of rotatable bonds is 9. The monoisotopic (exact) mass is 772 g/mol. The van der Waals surface area contributed by atoms with Crippen molar-refractivity contribution >= 4 is 27.5 Å². The number of fused-ring (bicyclic) bond motifs is 3. The fraction of sp³-hybridized carbons (Fsp3) is 0.462. The summed E-state index contributed by atoms with van der Waals surface area (Å²) in [6.07, 6.45) is 7.83. The molecular formula is C39H51IrN2O2-. The van der Waals surface area contributed by atoms with E-state index in [0.717, 1.165) is 70.9 Å². The van der Waals surface area contributed by atoms with Gasteiger partial charge >= 0.3 is 0 Å². The predicted octanol–water partition coefficient (Wildman–Crippen LogP) is 10.6. The molecule has 0 bridgehead atoms. The number of carbonyl (C=O) groups is 1. The molecule has 239 valence electrons. The van der Waals surface area contributed by atoms with Crippen molar-refractivity contribution in [3.05, 3.63) is 82.9 Å². The van der Waals surface area contributed by atoms with E-state index in [1.165, 1.54) is 22.6 Å². The van der Waals surface area contributed by atoms with E-state index in [1.54, 1.807) is 0 Å². The van der Waals surface area contributed by atoms with Gasteiger partial charge in [-0.25, -0.2) is 0 Å². The Kier molecular flexibility index (Phi) is 13.9. The third kappa shape index (κ3) is 9.56. The van der Waals surface area contributed by atoms with Gasteiger partial charge in [-0.1, -0.05) is 74.4 Å². The fourth-order valence-corrected chi connectivity index (χ4v) is 5.89. The maximum atomic E-state index is 11.7. The molecule has 0 saturated heterocycles. The van der Waals surface area contributed by atoms with E-state index in [9.17, 15) is 9.90 Å². The number of ketones is 1. The standard InChI is InChI=1S/C26H27N2.C13H24O2.Ir/c1-16-11-17(2)13-19(12-16)24-22-8-7-21-20(15-26(4,5)6)14-18(3)28-25(21)23(22)9-10-27-24;1-5-10(6-2)12(14)9-13(15)11(7-3)8-4;/h7-12,14H,15H2,1-6H3;9-11,14H,5-8H2,1-4H3;/q-1;;/b;12-9-;. The Labute approximate surface area is 279 Å². The van der Waals surface area contributed by atoms with E-state index in [-0.39, 0.29) is 48.9 Å². The number of hydrogen-bond acceptors (Lipinski definition) is 4. The van der Waals surface area contributed by atoms with Crippen molar-refractivity contribution in [2.24, 2.45) is 17.3 Å². The molecule has 0 aliphatic carbocycles. The summed E-state index contributed by atoms with van der Waals surface area (Å²) < 4.78 is 0. The van der Waals surface area contributed by atoms with Gasteiger partial charge in [-0.05, 0) is 73.2 Å². The van der Waals surface area contributed by atoms with Crippen molar-refractivity contribution in [1.82, 2.24) is 9.97 Å². The number of pyridine rings is 2. The number of aryl methyl sites for hydroxylation is 3. The minimum atomic E-state index is 0. The summed E-state index contributed by atoms with van der Waals surface area (Å²) in [6, 6.07) is 16.5. The second-order valence-corrected chi connectivity index (χ2v) is 13.1. The van der Waals surface area contributed by atoms with E-state index < -0.39 is 0 Å². The van der Waals surface area contributed by atoms with Crippen molar-refractivity contribution < 1.29 is 30.0 Å². The summed E-state index contributed by atoms with van der Waals surface area (Å²) in [5.74, 6) is 0.547. The first-order chi connectivity index (χ1) is 20.3. The maximum Gasteiger partial charge on any atom is 0.162 e. The SMILES string of the molecule is CCC(CC)C(=O)/C=C(\O)C(CC)CC.Cc1[c-]c(-c2nccc3c2ccc2c(CC(C)(C)C)cc(C)nc23)cc(C)c1.[Ir]. The largest absolute Gasteiger partial charge is 0.512 e. The Morgan fingerprint density at radius 1 is 0.886 bits per heavy atom. The Balaban J connectivity index is 0.000000363. The Morgan fingerprint density at radius 2 is 1.50 bits per heavy atom. The second-order valence-electron chi connectivity index (χ2n) is 13.1. The summed E-state index contributed by atoms with van der Waals surface area (Å²) in [5.41, 5.74) is 8.13. The molecule has 0 saturated carbocycles. The molecule has 1 N–H and O–H groups in total. The molecule has 4 aromatic rings. The van der Waals surface area contributed by atoms with Crippen molar-refractivity contribution in [2.75, 3.05) is 0 Å². The minimum absolute atomic E-state index is 0. The van der Waals surface area contributed by atoms with Crippen LogP contribution in [0.1, 0.15) is 96.5 Å². The number of nitrogens with zero attached hydrogens (tertiary/aromatic N) is 2. The molecular weight excluding hydrogens is 721 g/mol. The zero-order valence-corrected chi connectivity index (χ0v) is 30.8. The molecule has 4 rings (SSSR count). The topological polar surface area (TPSA) is 63.1 Å². The fourth-order valence-electron chi connectivity index (χ4n) is 5.89. The van der Waals surface area contributed by atoms with E-state index >= 15 is 0 Å². The first kappa shape index (κ1) is 37.3. The van der Waals surface area contributed by atoms with Gasteiger partial charge in [0.05, 0.1) is 11.3 Å². The normalized spacial score (nSPS) is 12.0. The van der Waals surface area contributed by atoms with Crippen LogP contribution in [0.15, 0.2) is 54.4 Å². The van der Waals surface area contributed by atoms with Crippen molar-refractivity contribution in [2.45, 2.75) is 101 Å². The average Bonchev–Trinajstić information content (AvgIpc) is 2.93. The van der Waals surface area contributed by atoms with Gasteiger partial charge < -0.3 is 10.1 Å². The van der Waals surface area contributed by atoms with Crippen LogP contribution in [0.2, 0.25) is 0 Å². The second kappa shape index (κ2) is 16.4. The molecule has 0 aliphatic rings. The van der Waals surface area contributed by atoms with E-state index in [2.05, 4.69) is 84.0 Å². The van der Waals surface area contributed by atoms with Gasteiger partial charge in [-0.15, -0.1) is 34.9 Å². The smallest absolute Gasteiger partial charge is 0.162 e.